The average Bonchev–Trinajstić information content (AvgIpc) is 2.62. The molecule has 0 bridgehead atoms. The maximum Gasteiger partial charge on any atom is 0.319 e. The summed E-state index contributed by atoms with van der Waals surface area (Å²) >= 11 is 0. The van der Waals surface area contributed by atoms with Crippen LogP contribution in [0.3, 0.4) is 0 Å². The third-order valence-corrected chi connectivity index (χ3v) is 4.97. The van der Waals surface area contributed by atoms with Gasteiger partial charge in [0.25, 0.3) is 10.0 Å². The number of benzene rings is 2. The van der Waals surface area contributed by atoms with Crippen LogP contribution < -0.4 is 20.1 Å². The smallest absolute Gasteiger partial charge is 0.319 e. The van der Waals surface area contributed by atoms with Gasteiger partial charge in [-0.2, -0.15) is 0 Å². The number of unbranched alkanes of at least 4 members (excludes halogenated alkanes) is 1. The Labute approximate surface area is 153 Å². The lowest BCUT2D eigenvalue weighted by Crippen LogP contribution is -2.29. The van der Waals surface area contributed by atoms with Crippen molar-refractivity contribution in [3.8, 4) is 5.75 Å². The summed E-state index contributed by atoms with van der Waals surface area (Å²) in [5.41, 5.74) is 0.864. The molecule has 3 N–H and O–H groups in total. The number of anilines is 2. The maximum atomic E-state index is 12.5. The van der Waals surface area contributed by atoms with E-state index < -0.39 is 10.0 Å². The largest absolute Gasteiger partial charge is 0.495 e. The minimum Gasteiger partial charge on any atom is -0.495 e. The molecule has 2 aromatic rings. The fourth-order valence-corrected chi connectivity index (χ4v) is 3.27. The Balaban J connectivity index is 2.05. The van der Waals surface area contributed by atoms with Crippen LogP contribution in [0, 0.1) is 0 Å². The normalized spacial score (nSPS) is 10.8. The standard InChI is InChI=1S/C18H23N3O4S/c1-3-4-13-19-18(22)20-14-9-11-15(12-10-14)26(23,24)21-16-7-5-6-8-17(16)25-2/h5-12,21H,3-4,13H2,1-2H3,(H2,19,20,22). The van der Waals surface area contributed by atoms with E-state index in [1.807, 2.05) is 6.92 Å². The molecule has 0 aliphatic heterocycles. The molecule has 0 unspecified atom stereocenters. The Morgan fingerprint density at radius 1 is 1.08 bits per heavy atom. The van der Waals surface area contributed by atoms with Gasteiger partial charge in [0.1, 0.15) is 5.75 Å². The van der Waals surface area contributed by atoms with E-state index in [1.54, 1.807) is 24.3 Å². The van der Waals surface area contributed by atoms with Gasteiger partial charge in [-0.05, 0) is 42.8 Å². The van der Waals surface area contributed by atoms with Crippen molar-refractivity contribution < 1.29 is 17.9 Å². The Bertz CT molecular complexity index is 836. The summed E-state index contributed by atoms with van der Waals surface area (Å²) < 4.78 is 32.7. The van der Waals surface area contributed by atoms with Gasteiger partial charge in [0.05, 0.1) is 17.7 Å². The van der Waals surface area contributed by atoms with Crippen LogP contribution in [0.2, 0.25) is 0 Å². The highest BCUT2D eigenvalue weighted by Gasteiger charge is 2.16. The second-order valence-electron chi connectivity index (χ2n) is 5.56. The van der Waals surface area contributed by atoms with Crippen molar-refractivity contribution in [2.75, 3.05) is 23.7 Å². The highest BCUT2D eigenvalue weighted by atomic mass is 32.2. The van der Waals surface area contributed by atoms with Crippen molar-refractivity contribution >= 4 is 27.4 Å². The first kappa shape index (κ1) is 19.6. The molecule has 0 heterocycles. The van der Waals surface area contributed by atoms with Crippen LogP contribution in [0.15, 0.2) is 53.4 Å². The van der Waals surface area contributed by atoms with Gasteiger partial charge in [0.15, 0.2) is 0 Å². The fraction of sp³-hybridized carbons (Fsp3) is 0.278. The molecular formula is C18H23N3O4S. The van der Waals surface area contributed by atoms with Crippen molar-refractivity contribution in [3.05, 3.63) is 48.5 Å². The first-order valence-electron chi connectivity index (χ1n) is 8.27. The summed E-state index contributed by atoms with van der Waals surface area (Å²) in [6.07, 6.45) is 1.89. The van der Waals surface area contributed by atoms with Gasteiger partial charge in [-0.15, -0.1) is 0 Å². The molecule has 2 rings (SSSR count). The molecule has 26 heavy (non-hydrogen) atoms. The molecule has 140 valence electrons. The number of sulfonamides is 1. The molecule has 0 atom stereocenters. The van der Waals surface area contributed by atoms with Crippen molar-refractivity contribution in [1.29, 1.82) is 0 Å². The molecule has 0 fully saturated rings. The summed E-state index contributed by atoms with van der Waals surface area (Å²) in [5, 5.41) is 5.39. The van der Waals surface area contributed by atoms with Gasteiger partial charge in [0, 0.05) is 12.2 Å². The topological polar surface area (TPSA) is 96.5 Å². The molecule has 0 aliphatic rings. The van der Waals surface area contributed by atoms with Gasteiger partial charge in [-0.25, -0.2) is 13.2 Å². The second kappa shape index (κ2) is 9.10. The molecule has 7 nitrogen and oxygen atoms in total. The van der Waals surface area contributed by atoms with Crippen LogP contribution in [0.5, 0.6) is 5.75 Å². The molecule has 0 aliphatic carbocycles. The predicted molar refractivity (Wildman–Crippen MR) is 102 cm³/mol. The summed E-state index contributed by atoms with van der Waals surface area (Å²) in [7, 11) is -2.30. The molecule has 2 aromatic carbocycles. The van der Waals surface area contributed by atoms with Gasteiger partial charge in [-0.1, -0.05) is 25.5 Å². The third-order valence-electron chi connectivity index (χ3n) is 3.59. The van der Waals surface area contributed by atoms with Crippen LogP contribution >= 0.6 is 0 Å². The number of nitrogens with one attached hydrogen (secondary N) is 3. The molecule has 2 amide bonds. The van der Waals surface area contributed by atoms with E-state index in [4.69, 9.17) is 4.74 Å². The summed E-state index contributed by atoms with van der Waals surface area (Å²) in [6, 6.07) is 12.4. The van der Waals surface area contributed by atoms with E-state index in [0.717, 1.165) is 12.8 Å². The summed E-state index contributed by atoms with van der Waals surface area (Å²) in [4.78, 5) is 11.8. The molecule has 8 heteroatoms. The van der Waals surface area contributed by atoms with Gasteiger partial charge < -0.3 is 15.4 Å². The summed E-state index contributed by atoms with van der Waals surface area (Å²) in [5.74, 6) is 0.429. The lowest BCUT2D eigenvalue weighted by atomic mass is 10.3. The van der Waals surface area contributed by atoms with Crippen molar-refractivity contribution in [3.63, 3.8) is 0 Å². The Morgan fingerprint density at radius 3 is 2.42 bits per heavy atom. The fourth-order valence-electron chi connectivity index (χ4n) is 2.20. The first-order valence-corrected chi connectivity index (χ1v) is 9.75. The second-order valence-corrected chi connectivity index (χ2v) is 7.25. The highest BCUT2D eigenvalue weighted by Crippen LogP contribution is 2.26. The SMILES string of the molecule is CCCCNC(=O)Nc1ccc(S(=O)(=O)Nc2ccccc2OC)cc1. The Kier molecular flexibility index (Phi) is 6.85. The number of urea groups is 1. The van der Waals surface area contributed by atoms with E-state index >= 15 is 0 Å². The number of hydrogen-bond donors (Lipinski definition) is 3. The number of rotatable bonds is 8. The minimum atomic E-state index is -3.77. The van der Waals surface area contributed by atoms with Crippen LogP contribution in [-0.2, 0) is 10.0 Å². The monoisotopic (exact) mass is 377 g/mol. The van der Waals surface area contributed by atoms with Crippen molar-refractivity contribution in [1.82, 2.24) is 5.32 Å². The van der Waals surface area contributed by atoms with E-state index in [2.05, 4.69) is 15.4 Å². The molecule has 0 radical (unpaired) electrons. The molecule has 0 spiro atoms. The average molecular weight is 377 g/mol. The van der Waals surface area contributed by atoms with E-state index in [0.29, 0.717) is 23.7 Å². The Morgan fingerprint density at radius 2 is 1.77 bits per heavy atom. The number of amides is 2. The number of hydrogen-bond acceptors (Lipinski definition) is 4. The molecule has 0 saturated carbocycles. The van der Waals surface area contributed by atoms with E-state index in [-0.39, 0.29) is 10.9 Å². The molecular weight excluding hydrogens is 354 g/mol. The Hall–Kier alpha value is -2.74. The van der Waals surface area contributed by atoms with Gasteiger partial charge >= 0.3 is 6.03 Å². The molecule has 0 saturated heterocycles. The lowest BCUT2D eigenvalue weighted by Gasteiger charge is -2.12. The number of carbonyl (C=O) groups excluding carboxylic acids is 1. The number of para-hydroxylation sites is 2. The number of carbonyl (C=O) groups is 1. The first-order chi connectivity index (χ1) is 12.5. The third kappa shape index (κ3) is 5.38. The highest BCUT2D eigenvalue weighted by molar-refractivity contribution is 7.92. The van der Waals surface area contributed by atoms with Gasteiger partial charge in [-0.3, -0.25) is 4.72 Å². The van der Waals surface area contributed by atoms with Crippen LogP contribution in [0.4, 0.5) is 16.2 Å². The van der Waals surface area contributed by atoms with Gasteiger partial charge in [0.2, 0.25) is 0 Å². The zero-order valence-electron chi connectivity index (χ0n) is 14.8. The maximum absolute atomic E-state index is 12.5. The number of methoxy groups -OCH3 is 1. The van der Waals surface area contributed by atoms with Crippen molar-refractivity contribution in [2.24, 2.45) is 0 Å². The van der Waals surface area contributed by atoms with E-state index in [1.165, 1.54) is 31.4 Å². The zero-order chi connectivity index (χ0) is 19.0. The molecule has 0 aromatic heterocycles. The predicted octanol–water partition coefficient (Wildman–Crippen LogP) is 3.42. The quantitative estimate of drug-likeness (QED) is 0.614. The summed E-state index contributed by atoms with van der Waals surface area (Å²) in [6.45, 7) is 2.63. The van der Waals surface area contributed by atoms with Crippen LogP contribution in [0.25, 0.3) is 0 Å². The van der Waals surface area contributed by atoms with Crippen molar-refractivity contribution in [2.45, 2.75) is 24.7 Å². The zero-order valence-corrected chi connectivity index (χ0v) is 15.6. The van der Waals surface area contributed by atoms with E-state index in [9.17, 15) is 13.2 Å². The van der Waals surface area contributed by atoms with Crippen LogP contribution in [-0.4, -0.2) is 28.1 Å². The number of ether oxygens (including phenoxy) is 1. The minimum absolute atomic E-state index is 0.0837. The lowest BCUT2D eigenvalue weighted by molar-refractivity contribution is 0.252. The van der Waals surface area contributed by atoms with Crippen LogP contribution in [0.1, 0.15) is 19.8 Å².